The highest BCUT2D eigenvalue weighted by atomic mass is 35.5. The highest BCUT2D eigenvalue weighted by Gasteiger charge is 2.42. The van der Waals surface area contributed by atoms with Crippen LogP contribution in [0.2, 0.25) is 4.34 Å². The van der Waals surface area contributed by atoms with Crippen LogP contribution in [0.1, 0.15) is 11.3 Å². The minimum absolute atomic E-state index is 0.121. The van der Waals surface area contributed by atoms with E-state index in [0.29, 0.717) is 5.92 Å². The van der Waals surface area contributed by atoms with Crippen LogP contribution >= 0.6 is 22.9 Å². The molecule has 0 aliphatic heterocycles. The van der Waals surface area contributed by atoms with Gasteiger partial charge in [0.05, 0.1) is 10.3 Å². The van der Waals surface area contributed by atoms with Crippen molar-refractivity contribution in [2.75, 3.05) is 6.54 Å². The summed E-state index contributed by atoms with van der Waals surface area (Å²) in [5, 5.41) is 12.0. The van der Waals surface area contributed by atoms with Crippen LogP contribution < -0.4 is 5.32 Å². The van der Waals surface area contributed by atoms with E-state index >= 15 is 0 Å². The van der Waals surface area contributed by atoms with Crippen LogP contribution in [0.5, 0.6) is 0 Å². The monoisotopic (exact) mass is 245 g/mol. The van der Waals surface area contributed by atoms with Crippen LogP contribution in [0.15, 0.2) is 12.1 Å². The van der Waals surface area contributed by atoms with E-state index in [1.165, 1.54) is 4.88 Å². The summed E-state index contributed by atoms with van der Waals surface area (Å²) in [4.78, 5) is 11.8. The minimum Gasteiger partial charge on any atom is -0.481 e. The van der Waals surface area contributed by atoms with Gasteiger partial charge in [-0.2, -0.15) is 0 Å². The summed E-state index contributed by atoms with van der Waals surface area (Å²) < 4.78 is 0.793. The van der Waals surface area contributed by atoms with Crippen LogP contribution in [0.25, 0.3) is 0 Å². The third-order valence-corrected chi connectivity index (χ3v) is 3.81. The second-order valence-corrected chi connectivity index (χ2v) is 5.58. The van der Waals surface area contributed by atoms with Crippen LogP contribution in [-0.4, -0.2) is 17.6 Å². The minimum atomic E-state index is -0.666. The molecule has 1 aromatic heterocycles. The Labute approximate surface area is 97.1 Å². The second-order valence-electron chi connectivity index (χ2n) is 3.78. The van der Waals surface area contributed by atoms with E-state index in [-0.39, 0.29) is 5.92 Å². The Bertz CT molecular complexity index is 366. The zero-order valence-electron chi connectivity index (χ0n) is 8.07. The molecule has 2 N–H and O–H groups in total. The predicted molar refractivity (Wildman–Crippen MR) is 60.3 cm³/mol. The fourth-order valence-corrected chi connectivity index (χ4v) is 2.66. The quantitative estimate of drug-likeness (QED) is 0.836. The van der Waals surface area contributed by atoms with Crippen molar-refractivity contribution in [3.05, 3.63) is 21.3 Å². The van der Waals surface area contributed by atoms with Gasteiger partial charge < -0.3 is 10.4 Å². The molecule has 1 aliphatic carbocycles. The molecule has 82 valence electrons. The Morgan fingerprint density at radius 3 is 3.00 bits per heavy atom. The average molecular weight is 246 g/mol. The number of carboxylic acid groups (broad SMARTS) is 1. The van der Waals surface area contributed by atoms with Crippen molar-refractivity contribution >= 4 is 28.9 Å². The fourth-order valence-electron chi connectivity index (χ4n) is 1.60. The van der Waals surface area contributed by atoms with E-state index in [2.05, 4.69) is 5.32 Å². The van der Waals surface area contributed by atoms with Crippen molar-refractivity contribution < 1.29 is 9.90 Å². The number of hydrogen-bond acceptors (Lipinski definition) is 3. The maximum Gasteiger partial charge on any atom is 0.306 e. The Balaban J connectivity index is 1.66. The summed E-state index contributed by atoms with van der Waals surface area (Å²) in [7, 11) is 0. The van der Waals surface area contributed by atoms with E-state index in [4.69, 9.17) is 16.7 Å². The Kier molecular flexibility index (Phi) is 3.29. The van der Waals surface area contributed by atoms with Crippen LogP contribution in [0, 0.1) is 11.8 Å². The largest absolute Gasteiger partial charge is 0.481 e. The Morgan fingerprint density at radius 1 is 1.67 bits per heavy atom. The van der Waals surface area contributed by atoms with E-state index in [9.17, 15) is 4.79 Å². The van der Waals surface area contributed by atoms with Crippen molar-refractivity contribution in [3.8, 4) is 0 Å². The van der Waals surface area contributed by atoms with E-state index in [0.717, 1.165) is 23.8 Å². The molecule has 2 atom stereocenters. The lowest BCUT2D eigenvalue weighted by Crippen LogP contribution is -2.17. The van der Waals surface area contributed by atoms with Crippen molar-refractivity contribution in [2.24, 2.45) is 11.8 Å². The number of rotatable bonds is 5. The third kappa shape index (κ3) is 2.93. The van der Waals surface area contributed by atoms with E-state index in [1.54, 1.807) is 11.3 Å². The molecule has 0 bridgehead atoms. The van der Waals surface area contributed by atoms with Gasteiger partial charge in [-0.05, 0) is 31.0 Å². The van der Waals surface area contributed by atoms with Crippen molar-refractivity contribution in [1.82, 2.24) is 5.32 Å². The predicted octanol–water partition coefficient (Wildman–Crippen LogP) is 2.21. The maximum atomic E-state index is 10.6. The molecule has 1 heterocycles. The molecule has 1 fully saturated rings. The number of carboxylic acids is 1. The lowest BCUT2D eigenvalue weighted by molar-refractivity contribution is -0.138. The zero-order chi connectivity index (χ0) is 10.8. The van der Waals surface area contributed by atoms with Crippen LogP contribution in [-0.2, 0) is 11.3 Å². The normalized spacial score (nSPS) is 24.1. The summed E-state index contributed by atoms with van der Waals surface area (Å²) in [5.74, 6) is -0.469. The smallest absolute Gasteiger partial charge is 0.306 e. The first-order valence-corrected chi connectivity index (χ1v) is 6.04. The van der Waals surface area contributed by atoms with Gasteiger partial charge in [-0.1, -0.05) is 11.6 Å². The first kappa shape index (κ1) is 10.9. The van der Waals surface area contributed by atoms with E-state index < -0.39 is 5.97 Å². The summed E-state index contributed by atoms with van der Waals surface area (Å²) >= 11 is 7.35. The highest BCUT2D eigenvalue weighted by Crippen LogP contribution is 2.37. The first-order chi connectivity index (χ1) is 7.16. The highest BCUT2D eigenvalue weighted by molar-refractivity contribution is 7.16. The van der Waals surface area contributed by atoms with Crippen molar-refractivity contribution in [3.63, 3.8) is 0 Å². The first-order valence-electron chi connectivity index (χ1n) is 4.84. The molecular weight excluding hydrogens is 234 g/mol. The molecule has 1 aliphatic rings. The van der Waals surface area contributed by atoms with Gasteiger partial charge in [0.1, 0.15) is 0 Å². The lowest BCUT2D eigenvalue weighted by Gasteiger charge is -2.00. The zero-order valence-corrected chi connectivity index (χ0v) is 9.64. The standard InChI is InChI=1S/C10H12ClNO2S/c11-9-2-1-7(15-9)5-12-4-6-3-8(6)10(13)14/h1-2,6,8,12H,3-5H2,(H,13,14). The molecule has 2 rings (SSSR count). The topological polar surface area (TPSA) is 49.3 Å². The lowest BCUT2D eigenvalue weighted by atomic mass is 10.3. The molecule has 1 aromatic rings. The number of thiophene rings is 1. The maximum absolute atomic E-state index is 10.6. The van der Waals surface area contributed by atoms with Gasteiger partial charge in [-0.15, -0.1) is 11.3 Å². The molecule has 1 saturated carbocycles. The van der Waals surface area contributed by atoms with Crippen molar-refractivity contribution in [2.45, 2.75) is 13.0 Å². The molecule has 0 spiro atoms. The molecule has 0 saturated heterocycles. The summed E-state index contributed by atoms with van der Waals surface area (Å²) in [6, 6.07) is 3.86. The van der Waals surface area contributed by atoms with Gasteiger partial charge in [0, 0.05) is 11.4 Å². The number of nitrogens with one attached hydrogen (secondary N) is 1. The SMILES string of the molecule is O=C(O)C1CC1CNCc1ccc(Cl)s1. The second kappa shape index (κ2) is 4.51. The molecule has 2 unspecified atom stereocenters. The molecule has 0 radical (unpaired) electrons. The van der Waals surface area contributed by atoms with Crippen LogP contribution in [0.3, 0.4) is 0 Å². The summed E-state index contributed by atoms with van der Waals surface area (Å²) in [6.45, 7) is 1.56. The summed E-state index contributed by atoms with van der Waals surface area (Å²) in [5.41, 5.74) is 0. The third-order valence-electron chi connectivity index (χ3n) is 2.57. The number of hydrogen-bond donors (Lipinski definition) is 2. The molecule has 15 heavy (non-hydrogen) atoms. The fraction of sp³-hybridized carbons (Fsp3) is 0.500. The number of halogens is 1. The van der Waals surface area contributed by atoms with Crippen molar-refractivity contribution in [1.29, 1.82) is 0 Å². The number of carbonyl (C=O) groups is 1. The molecule has 5 heteroatoms. The van der Waals surface area contributed by atoms with Gasteiger partial charge in [-0.25, -0.2) is 0 Å². The summed E-state index contributed by atoms with van der Waals surface area (Å²) in [6.07, 6.45) is 0.813. The molecule has 0 aromatic carbocycles. The van der Waals surface area contributed by atoms with Gasteiger partial charge >= 0.3 is 5.97 Å². The van der Waals surface area contributed by atoms with Gasteiger partial charge in [0.25, 0.3) is 0 Å². The van der Waals surface area contributed by atoms with Gasteiger partial charge in [0.2, 0.25) is 0 Å². The van der Waals surface area contributed by atoms with E-state index in [1.807, 2.05) is 12.1 Å². The average Bonchev–Trinajstić information content (AvgIpc) is 2.83. The van der Waals surface area contributed by atoms with Gasteiger partial charge in [-0.3, -0.25) is 4.79 Å². The molecule has 3 nitrogen and oxygen atoms in total. The molecular formula is C10H12ClNO2S. The molecule has 0 amide bonds. The Morgan fingerprint density at radius 2 is 2.47 bits per heavy atom. The van der Waals surface area contributed by atoms with Gasteiger partial charge in [0.15, 0.2) is 0 Å². The Hall–Kier alpha value is -0.580. The number of aliphatic carboxylic acids is 1. The van der Waals surface area contributed by atoms with Crippen LogP contribution in [0.4, 0.5) is 0 Å².